The molecule has 1 fully saturated rings. The van der Waals surface area contributed by atoms with Gasteiger partial charge in [0.2, 0.25) is 17.6 Å². The lowest BCUT2D eigenvalue weighted by Crippen LogP contribution is -2.43. The summed E-state index contributed by atoms with van der Waals surface area (Å²) in [7, 11) is 1.64. The van der Waals surface area contributed by atoms with Gasteiger partial charge in [-0.2, -0.15) is 4.98 Å². The molecular formula is C24H27BrN4O3. The first kappa shape index (κ1) is 22.5. The number of hydrogen-bond donors (Lipinski definition) is 1. The molecule has 0 bridgehead atoms. The van der Waals surface area contributed by atoms with Crippen LogP contribution in [-0.4, -0.2) is 41.1 Å². The van der Waals surface area contributed by atoms with E-state index >= 15 is 0 Å². The SMILES string of the molecule is COc1ccc(C(C)NC(=O)C2CCCN(Cc3nc(-c4cccc(Br)c4)no3)C2)cc1. The average molecular weight is 499 g/mol. The van der Waals surface area contributed by atoms with Gasteiger partial charge in [0.15, 0.2) is 0 Å². The zero-order valence-electron chi connectivity index (χ0n) is 18.3. The number of nitrogens with one attached hydrogen (secondary N) is 1. The van der Waals surface area contributed by atoms with E-state index in [-0.39, 0.29) is 17.9 Å². The third-order valence-electron chi connectivity index (χ3n) is 5.76. The number of hydrogen-bond acceptors (Lipinski definition) is 6. The largest absolute Gasteiger partial charge is 0.497 e. The molecule has 8 heteroatoms. The van der Waals surface area contributed by atoms with Gasteiger partial charge in [-0.3, -0.25) is 9.69 Å². The standard InChI is InChI=1S/C24H27BrN4O3/c1-16(17-8-10-21(31-2)11-9-17)26-24(30)19-6-4-12-29(14-19)15-22-27-23(28-32-22)18-5-3-7-20(25)13-18/h3,5,7-11,13,16,19H,4,6,12,14-15H2,1-2H3,(H,26,30). The average Bonchev–Trinajstić information content (AvgIpc) is 3.28. The van der Waals surface area contributed by atoms with Crippen LogP contribution in [0.25, 0.3) is 11.4 Å². The Bertz CT molecular complexity index is 1050. The maximum atomic E-state index is 12.9. The maximum Gasteiger partial charge on any atom is 0.241 e. The molecule has 0 aliphatic carbocycles. The summed E-state index contributed by atoms with van der Waals surface area (Å²) in [5.41, 5.74) is 1.95. The molecule has 2 atom stereocenters. The Balaban J connectivity index is 1.33. The van der Waals surface area contributed by atoms with Crippen LogP contribution in [-0.2, 0) is 11.3 Å². The van der Waals surface area contributed by atoms with Crippen LogP contribution in [0.2, 0.25) is 0 Å². The molecular weight excluding hydrogens is 472 g/mol. The number of rotatable bonds is 7. The number of amides is 1. The van der Waals surface area contributed by atoms with E-state index in [0.29, 0.717) is 24.8 Å². The van der Waals surface area contributed by atoms with Gasteiger partial charge in [-0.25, -0.2) is 0 Å². The highest BCUT2D eigenvalue weighted by Gasteiger charge is 2.28. The van der Waals surface area contributed by atoms with Gasteiger partial charge < -0.3 is 14.6 Å². The van der Waals surface area contributed by atoms with Gasteiger partial charge in [-0.05, 0) is 56.1 Å². The van der Waals surface area contributed by atoms with E-state index in [0.717, 1.165) is 40.7 Å². The molecule has 1 aromatic heterocycles. The van der Waals surface area contributed by atoms with Crippen LogP contribution in [0.1, 0.15) is 37.3 Å². The lowest BCUT2D eigenvalue weighted by Gasteiger charge is -2.31. The molecule has 1 aliphatic heterocycles. The molecule has 1 saturated heterocycles. The van der Waals surface area contributed by atoms with Gasteiger partial charge in [0, 0.05) is 16.6 Å². The monoisotopic (exact) mass is 498 g/mol. The molecule has 7 nitrogen and oxygen atoms in total. The predicted molar refractivity (Wildman–Crippen MR) is 125 cm³/mol. The first-order valence-electron chi connectivity index (χ1n) is 10.8. The molecule has 4 rings (SSSR count). The van der Waals surface area contributed by atoms with Crippen molar-refractivity contribution in [1.82, 2.24) is 20.4 Å². The second kappa shape index (κ2) is 10.3. The Morgan fingerprint density at radius 2 is 2.12 bits per heavy atom. The molecule has 2 aromatic carbocycles. The Morgan fingerprint density at radius 1 is 1.31 bits per heavy atom. The number of carbonyl (C=O) groups excluding carboxylic acids is 1. The molecule has 0 spiro atoms. The van der Waals surface area contributed by atoms with Crippen LogP contribution in [0.3, 0.4) is 0 Å². The highest BCUT2D eigenvalue weighted by Crippen LogP contribution is 2.23. The molecule has 3 aromatic rings. The molecule has 0 radical (unpaired) electrons. The maximum absolute atomic E-state index is 12.9. The van der Waals surface area contributed by atoms with Crippen molar-refractivity contribution in [3.63, 3.8) is 0 Å². The van der Waals surface area contributed by atoms with Crippen molar-refractivity contribution in [3.05, 3.63) is 64.5 Å². The Kier molecular flexibility index (Phi) is 7.22. The smallest absolute Gasteiger partial charge is 0.241 e. The summed E-state index contributed by atoms with van der Waals surface area (Å²) in [5, 5.41) is 7.27. The van der Waals surface area contributed by atoms with E-state index in [4.69, 9.17) is 9.26 Å². The number of methoxy groups -OCH3 is 1. The molecule has 2 unspecified atom stereocenters. The number of piperidine rings is 1. The second-order valence-electron chi connectivity index (χ2n) is 8.10. The molecule has 32 heavy (non-hydrogen) atoms. The zero-order valence-corrected chi connectivity index (χ0v) is 19.8. The van der Waals surface area contributed by atoms with Crippen molar-refractivity contribution < 1.29 is 14.1 Å². The number of likely N-dealkylation sites (tertiary alicyclic amines) is 1. The first-order chi connectivity index (χ1) is 15.5. The lowest BCUT2D eigenvalue weighted by molar-refractivity contribution is -0.127. The summed E-state index contributed by atoms with van der Waals surface area (Å²) in [6.45, 7) is 4.13. The van der Waals surface area contributed by atoms with Crippen LogP contribution >= 0.6 is 15.9 Å². The van der Waals surface area contributed by atoms with Crippen molar-refractivity contribution in [3.8, 4) is 17.1 Å². The third-order valence-corrected chi connectivity index (χ3v) is 6.25. The van der Waals surface area contributed by atoms with Gasteiger partial charge in [-0.1, -0.05) is 45.4 Å². The summed E-state index contributed by atoms with van der Waals surface area (Å²) < 4.78 is 11.6. The van der Waals surface area contributed by atoms with Gasteiger partial charge >= 0.3 is 0 Å². The minimum absolute atomic E-state index is 0.0584. The molecule has 1 amide bonds. The molecule has 168 valence electrons. The van der Waals surface area contributed by atoms with E-state index in [1.54, 1.807) is 7.11 Å². The molecule has 2 heterocycles. The zero-order chi connectivity index (χ0) is 22.5. The molecule has 1 N–H and O–H groups in total. The first-order valence-corrected chi connectivity index (χ1v) is 11.6. The summed E-state index contributed by atoms with van der Waals surface area (Å²) in [5.74, 6) is 1.96. The van der Waals surface area contributed by atoms with E-state index in [1.165, 1.54) is 0 Å². The van der Waals surface area contributed by atoms with Gasteiger partial charge in [-0.15, -0.1) is 0 Å². The third kappa shape index (κ3) is 5.55. The summed E-state index contributed by atoms with van der Waals surface area (Å²) >= 11 is 3.47. The Morgan fingerprint density at radius 3 is 2.88 bits per heavy atom. The van der Waals surface area contributed by atoms with Crippen LogP contribution in [0.5, 0.6) is 5.75 Å². The van der Waals surface area contributed by atoms with Crippen LogP contribution in [0.4, 0.5) is 0 Å². The number of nitrogens with zero attached hydrogens (tertiary/aromatic N) is 3. The summed E-state index contributed by atoms with van der Waals surface area (Å²) in [6.07, 6.45) is 1.84. The number of carbonyl (C=O) groups is 1. The van der Waals surface area contributed by atoms with Crippen LogP contribution < -0.4 is 10.1 Å². The fourth-order valence-corrected chi connectivity index (χ4v) is 4.37. The fraction of sp³-hybridized carbons (Fsp3) is 0.375. The summed E-state index contributed by atoms with van der Waals surface area (Å²) in [4.78, 5) is 19.7. The number of aromatic nitrogens is 2. The minimum Gasteiger partial charge on any atom is -0.497 e. The lowest BCUT2D eigenvalue weighted by atomic mass is 9.96. The van der Waals surface area contributed by atoms with E-state index in [1.807, 2.05) is 55.5 Å². The number of benzene rings is 2. The number of halogens is 1. The second-order valence-corrected chi connectivity index (χ2v) is 9.02. The van der Waals surface area contributed by atoms with Crippen molar-refractivity contribution in [2.24, 2.45) is 5.92 Å². The molecule has 1 aliphatic rings. The number of ether oxygens (including phenoxy) is 1. The van der Waals surface area contributed by atoms with Crippen molar-refractivity contribution in [2.45, 2.75) is 32.4 Å². The van der Waals surface area contributed by atoms with Gasteiger partial charge in [0.1, 0.15) is 5.75 Å². The van der Waals surface area contributed by atoms with E-state index in [2.05, 4.69) is 36.3 Å². The molecule has 0 saturated carbocycles. The van der Waals surface area contributed by atoms with Gasteiger partial charge in [0.05, 0.1) is 25.6 Å². The highest BCUT2D eigenvalue weighted by molar-refractivity contribution is 9.10. The van der Waals surface area contributed by atoms with Crippen molar-refractivity contribution >= 4 is 21.8 Å². The highest BCUT2D eigenvalue weighted by atomic mass is 79.9. The van der Waals surface area contributed by atoms with Crippen LogP contribution in [0, 0.1) is 5.92 Å². The van der Waals surface area contributed by atoms with Crippen LogP contribution in [0.15, 0.2) is 57.5 Å². The van der Waals surface area contributed by atoms with Crippen molar-refractivity contribution in [1.29, 1.82) is 0 Å². The van der Waals surface area contributed by atoms with E-state index in [9.17, 15) is 4.79 Å². The quantitative estimate of drug-likeness (QED) is 0.512. The normalized spacial score (nSPS) is 17.7. The Hall–Kier alpha value is -2.71. The Labute approximate surface area is 196 Å². The van der Waals surface area contributed by atoms with E-state index < -0.39 is 0 Å². The predicted octanol–water partition coefficient (Wildman–Crippen LogP) is 4.60. The summed E-state index contributed by atoms with van der Waals surface area (Å²) in [6, 6.07) is 15.5. The van der Waals surface area contributed by atoms with Gasteiger partial charge in [0.25, 0.3) is 0 Å². The topological polar surface area (TPSA) is 80.5 Å². The fourth-order valence-electron chi connectivity index (χ4n) is 3.98. The minimum atomic E-state index is -0.0625. The van der Waals surface area contributed by atoms with Crippen molar-refractivity contribution in [2.75, 3.05) is 20.2 Å².